The van der Waals surface area contributed by atoms with Crippen LogP contribution in [0.3, 0.4) is 0 Å². The number of methoxy groups -OCH3 is 1. The van der Waals surface area contributed by atoms with E-state index in [0.717, 1.165) is 0 Å². The fraction of sp³-hybridized carbons (Fsp3) is 0.480. The number of allylic oxidation sites excluding steroid dienone is 4. The van der Waals surface area contributed by atoms with Gasteiger partial charge in [-0.1, -0.05) is 64.1 Å². The van der Waals surface area contributed by atoms with E-state index in [2.05, 4.69) is 5.32 Å². The summed E-state index contributed by atoms with van der Waals surface area (Å²) >= 11 is 0. The van der Waals surface area contributed by atoms with E-state index in [9.17, 15) is 29.4 Å². The molecule has 0 radical (unpaired) electrons. The minimum Gasteiger partial charge on any atom is -0.462 e. The Morgan fingerprint density at radius 2 is 1.50 bits per heavy atom. The summed E-state index contributed by atoms with van der Waals surface area (Å²) in [6.45, 7) is 16.3. The third-order valence-corrected chi connectivity index (χ3v) is 12.8. The lowest BCUT2D eigenvalue weighted by Gasteiger charge is -2.39. The van der Waals surface area contributed by atoms with Crippen LogP contribution in [-0.4, -0.2) is 113 Å². The number of carbonyl (C=O) groups is 6. The van der Waals surface area contributed by atoms with Gasteiger partial charge in [0.2, 0.25) is 11.6 Å². The van der Waals surface area contributed by atoms with Crippen LogP contribution in [-0.2, 0) is 28.5 Å². The fourth-order valence-corrected chi connectivity index (χ4v) is 9.18. The summed E-state index contributed by atoms with van der Waals surface area (Å²) < 4.78 is 35.9. The summed E-state index contributed by atoms with van der Waals surface area (Å²) in [5.41, 5.74) is -1.46. The van der Waals surface area contributed by atoms with Crippen molar-refractivity contribution in [2.75, 3.05) is 20.2 Å². The van der Waals surface area contributed by atoms with Crippen LogP contribution < -0.4 is 14.8 Å². The number of esters is 2. The number of ether oxygens (including phenoxy) is 6. The highest BCUT2D eigenvalue weighted by Crippen LogP contribution is 2.50. The summed E-state index contributed by atoms with van der Waals surface area (Å²) in [6, 6.07) is 7.97. The van der Waals surface area contributed by atoms with Crippen LogP contribution in [0.25, 0.3) is 0 Å². The first kappa shape index (κ1) is 49.5. The van der Waals surface area contributed by atoms with E-state index in [-0.39, 0.29) is 52.5 Å². The zero-order valence-corrected chi connectivity index (χ0v) is 39.2. The molecule has 16 nitrogen and oxygen atoms in total. The van der Waals surface area contributed by atoms with Gasteiger partial charge in [0.25, 0.3) is 11.7 Å². The van der Waals surface area contributed by atoms with Gasteiger partial charge in [0.05, 0.1) is 59.0 Å². The molecule has 16 heteroatoms. The molecule has 0 aromatic heterocycles. The van der Waals surface area contributed by atoms with Gasteiger partial charge in [-0.15, -0.1) is 0 Å². The van der Waals surface area contributed by atoms with Crippen LogP contribution in [0.2, 0.25) is 0 Å². The maximum atomic E-state index is 15.4. The number of amides is 1. The summed E-state index contributed by atoms with van der Waals surface area (Å²) in [4.78, 5) is 87.5. The highest BCUT2D eigenvalue weighted by atomic mass is 16.7. The smallest absolute Gasteiger partial charge is 0.343 e. The van der Waals surface area contributed by atoms with Gasteiger partial charge < -0.3 is 48.9 Å². The number of nitrogens with zero attached hydrogens (tertiary/aromatic N) is 1. The van der Waals surface area contributed by atoms with Gasteiger partial charge in [0.1, 0.15) is 29.0 Å². The van der Waals surface area contributed by atoms with Crippen molar-refractivity contribution in [2.24, 2.45) is 23.7 Å². The van der Waals surface area contributed by atoms with Crippen molar-refractivity contribution in [3.8, 4) is 11.5 Å². The summed E-state index contributed by atoms with van der Waals surface area (Å²) in [7, 11) is 1.42. The minimum atomic E-state index is -2.16. The molecule has 354 valence electrons. The molecular formula is C50H60N2O14. The molecule has 2 aromatic rings. The summed E-state index contributed by atoms with van der Waals surface area (Å²) in [6.07, 6.45) is 2.47. The van der Waals surface area contributed by atoms with Gasteiger partial charge >= 0.3 is 17.7 Å². The predicted molar refractivity (Wildman–Crippen MR) is 239 cm³/mol. The molecule has 0 saturated carbocycles. The van der Waals surface area contributed by atoms with E-state index in [1.165, 1.54) is 65.4 Å². The van der Waals surface area contributed by atoms with Crippen LogP contribution in [0.1, 0.15) is 109 Å². The lowest BCUT2D eigenvalue weighted by Crippen LogP contribution is -2.49. The molecule has 1 aliphatic carbocycles. The van der Waals surface area contributed by atoms with Crippen molar-refractivity contribution in [3.05, 3.63) is 106 Å². The van der Waals surface area contributed by atoms with Crippen LogP contribution in [0, 0.1) is 30.6 Å². The molecule has 2 unspecified atom stereocenters. The first-order valence-corrected chi connectivity index (χ1v) is 22.1. The molecule has 3 N–H and O–H groups in total. The second-order valence-corrected chi connectivity index (χ2v) is 17.9. The van der Waals surface area contributed by atoms with Gasteiger partial charge in [-0.25, -0.2) is 4.79 Å². The van der Waals surface area contributed by atoms with E-state index in [1.807, 2.05) is 0 Å². The number of carbonyl (C=O) groups excluding carboxylic acids is 6. The molecule has 7 rings (SSSR count). The maximum Gasteiger partial charge on any atom is 0.343 e. The number of ketones is 3. The number of aliphatic hydroxyl groups excluding tert-OH is 2. The summed E-state index contributed by atoms with van der Waals surface area (Å²) in [5.74, 6) is -10.1. The van der Waals surface area contributed by atoms with Crippen molar-refractivity contribution in [1.82, 2.24) is 10.2 Å². The van der Waals surface area contributed by atoms with E-state index in [0.29, 0.717) is 0 Å². The fourth-order valence-electron chi connectivity index (χ4n) is 9.18. The number of rotatable bonds is 5. The third kappa shape index (κ3) is 9.64. The van der Waals surface area contributed by atoms with E-state index >= 15 is 9.59 Å². The molecule has 1 amide bonds. The van der Waals surface area contributed by atoms with Crippen LogP contribution in [0.5, 0.6) is 11.5 Å². The topological polar surface area (TPSA) is 214 Å². The van der Waals surface area contributed by atoms with E-state index < -0.39 is 118 Å². The zero-order chi connectivity index (χ0) is 48.5. The number of fused-ring (bicyclic) bond motifs is 14. The molecule has 4 aliphatic heterocycles. The van der Waals surface area contributed by atoms with Crippen molar-refractivity contribution < 1.29 is 67.4 Å². The molecule has 1 saturated heterocycles. The molecule has 11 atom stereocenters. The molecule has 2 aromatic carbocycles. The predicted octanol–water partition coefficient (Wildman–Crippen LogP) is 5.58. The molecule has 66 heavy (non-hydrogen) atoms. The number of hydrogen-bond acceptors (Lipinski definition) is 15. The molecule has 5 bridgehead atoms. The molecule has 0 spiro atoms. The van der Waals surface area contributed by atoms with E-state index in [4.69, 9.17) is 28.4 Å². The van der Waals surface area contributed by atoms with Gasteiger partial charge in [-0.2, -0.15) is 0 Å². The molecule has 5 aliphatic rings. The Bertz CT molecular complexity index is 2390. The number of benzene rings is 2. The standard InChI is InChI=1S/C50H60N2O14/c1-24-16-15-17-25(2)48(59)51-38-39(52-22-26(3)63-27(4)23-52)43(57)35-36(42(38)56)45(65-49(60)33-18-13-12-14-19-33)31(8)46-37(35)47(58)50(10,66-46)62-21-20-34(61-11)28(5)44(64-32(9)53)30(7)41(55)29(6)40(24)54/h12-21,24,26-30,34,40-41,44,54-55H,22-23H2,1-11H3,(H,51,59)/t24-,26?,27?,28+,29+,30-,34-,40-,41-,44+,50-/m0/s1. The summed E-state index contributed by atoms with van der Waals surface area (Å²) in [5, 5.41) is 25.7. The second kappa shape index (κ2) is 19.9. The van der Waals surface area contributed by atoms with Crippen molar-refractivity contribution in [3.63, 3.8) is 0 Å². The lowest BCUT2D eigenvalue weighted by molar-refractivity contribution is -0.160. The Kier molecular flexibility index (Phi) is 14.9. The second-order valence-electron chi connectivity index (χ2n) is 17.9. The number of morpholine rings is 1. The Morgan fingerprint density at radius 3 is 2.12 bits per heavy atom. The van der Waals surface area contributed by atoms with Gasteiger partial charge in [0.15, 0.2) is 0 Å². The monoisotopic (exact) mass is 912 g/mol. The highest BCUT2D eigenvalue weighted by molar-refractivity contribution is 6.32. The number of Topliss-reactive ketones (excluding diaryl/α,β-unsaturated/α-hetero) is 3. The van der Waals surface area contributed by atoms with Crippen molar-refractivity contribution in [2.45, 2.75) is 112 Å². The van der Waals surface area contributed by atoms with Crippen LogP contribution >= 0.6 is 0 Å². The Morgan fingerprint density at radius 1 is 0.848 bits per heavy atom. The Balaban J connectivity index is 1.57. The Hall–Kier alpha value is -5.94. The molecule has 1 fully saturated rings. The van der Waals surface area contributed by atoms with Crippen LogP contribution in [0.15, 0.2) is 77.9 Å². The SMILES string of the molecule is CO[C@H]1C=CO[C@@]2(C)Oc3c(C)c(OC(=O)c4ccccc4)c4c(c3C2=O)C(=O)C(N2CC(C)OC(C)C2)=C(NC(=O)C(C)=CC=C[C@H](C)[C@H](O)[C@@H](C)[C@H](O)[C@H](C)[C@H](OC(C)=O)[C@@H]1C)C4=O. The van der Waals surface area contributed by atoms with Crippen molar-refractivity contribution in [1.29, 1.82) is 0 Å². The average Bonchev–Trinajstić information content (AvgIpc) is 3.54. The normalized spacial score (nSPS) is 30.9. The average molecular weight is 913 g/mol. The first-order chi connectivity index (χ1) is 31.1. The number of nitrogens with one attached hydrogen (secondary N) is 1. The van der Waals surface area contributed by atoms with Gasteiger partial charge in [0, 0.05) is 68.9 Å². The minimum absolute atomic E-state index is 0.0269. The van der Waals surface area contributed by atoms with Gasteiger partial charge in [-0.05, 0) is 45.9 Å². The maximum absolute atomic E-state index is 15.4. The number of hydrogen-bond donors (Lipinski definition) is 3. The largest absolute Gasteiger partial charge is 0.462 e. The zero-order valence-electron chi connectivity index (χ0n) is 39.2. The first-order valence-electron chi connectivity index (χ1n) is 22.1. The lowest BCUT2D eigenvalue weighted by atomic mass is 9.78. The molecular weight excluding hydrogens is 853 g/mol. The highest BCUT2D eigenvalue weighted by Gasteiger charge is 2.54. The van der Waals surface area contributed by atoms with E-state index in [1.54, 1.807) is 76.8 Å². The van der Waals surface area contributed by atoms with Crippen LogP contribution in [0.4, 0.5) is 0 Å². The van der Waals surface area contributed by atoms with Gasteiger partial charge in [-0.3, -0.25) is 24.0 Å². The molecule has 4 heterocycles. The number of aliphatic hydroxyl groups is 2. The third-order valence-electron chi connectivity index (χ3n) is 12.8. The Labute approximate surface area is 384 Å². The van der Waals surface area contributed by atoms with Crippen molar-refractivity contribution >= 4 is 35.2 Å². The quantitative estimate of drug-likeness (QED) is 0.247.